The Morgan fingerprint density at radius 1 is 1.07 bits per heavy atom. The Balaban J connectivity index is 2.12. The van der Waals surface area contributed by atoms with Gasteiger partial charge < -0.3 is 9.64 Å². The summed E-state index contributed by atoms with van der Waals surface area (Å²) in [6, 6.07) is 6.77. The third kappa shape index (κ3) is 3.96. The Bertz CT molecular complexity index is 999. The number of ketones is 1. The largest absolute Gasteiger partial charge is 0.378 e. The average Bonchev–Trinajstić information content (AvgIpc) is 2.69. The van der Waals surface area contributed by atoms with Crippen molar-refractivity contribution in [2.24, 2.45) is 14.1 Å². The molecule has 1 fully saturated rings. The molecule has 0 aliphatic carbocycles. The Morgan fingerprint density at radius 3 is 2.33 bits per heavy atom. The number of hydrogen-bond donors (Lipinski definition) is 0. The molecule has 1 aromatic carbocycles. The minimum Gasteiger partial charge on any atom is -0.378 e. The Kier molecular flexibility index (Phi) is 5.76. The minimum absolute atomic E-state index is 0.0218. The molecule has 2 aromatic rings. The Labute approximate surface area is 164 Å². The molecule has 0 atom stereocenters. The van der Waals surface area contributed by atoms with Crippen LogP contribution in [0.1, 0.15) is 21.6 Å². The fraction of sp³-hybridized carbons (Fsp3) is 0.316. The summed E-state index contributed by atoms with van der Waals surface area (Å²) < 4.78 is 8.43. The molecule has 1 saturated heterocycles. The molecule has 0 radical (unpaired) electrons. The van der Waals surface area contributed by atoms with Gasteiger partial charge in [0.2, 0.25) is 5.78 Å². The topological polar surface area (TPSA) is 73.5 Å². The molecule has 1 aliphatic rings. The molecule has 8 heteroatoms. The smallest absolute Gasteiger partial charge is 0.330 e. The highest BCUT2D eigenvalue weighted by Gasteiger charge is 2.22. The molecule has 27 heavy (non-hydrogen) atoms. The fourth-order valence-corrected chi connectivity index (χ4v) is 3.18. The zero-order chi connectivity index (χ0) is 19.6. The predicted octanol–water partition coefficient (Wildman–Crippen LogP) is 1.38. The van der Waals surface area contributed by atoms with E-state index in [0.29, 0.717) is 37.6 Å². The van der Waals surface area contributed by atoms with Crippen molar-refractivity contribution in [3.05, 3.63) is 72.6 Å². The second-order valence-corrected chi connectivity index (χ2v) is 7.18. The van der Waals surface area contributed by atoms with Gasteiger partial charge in [0.25, 0.3) is 5.56 Å². The number of benzene rings is 1. The number of halogens is 1. The monoisotopic (exact) mass is 433 g/mol. The van der Waals surface area contributed by atoms with Gasteiger partial charge in [0, 0.05) is 43.4 Å². The number of morpholine rings is 1. The van der Waals surface area contributed by atoms with E-state index in [1.807, 2.05) is 4.90 Å². The molecule has 2 heterocycles. The first-order chi connectivity index (χ1) is 12.9. The first-order valence-electron chi connectivity index (χ1n) is 8.50. The standard InChI is InChI=1S/C19H20BrN3O4/c1-21-15(7-8-23-9-11-27-12-10-23)16(18(25)22(2)19(21)26)17(24)13-3-5-14(20)6-4-13/h3-8H,9-12H2,1-2H3/b8-7+. The lowest BCUT2D eigenvalue weighted by Gasteiger charge is -2.25. The number of aromatic nitrogens is 2. The van der Waals surface area contributed by atoms with E-state index < -0.39 is 17.0 Å². The highest BCUT2D eigenvalue weighted by molar-refractivity contribution is 9.10. The van der Waals surface area contributed by atoms with Crippen molar-refractivity contribution in [1.82, 2.24) is 14.0 Å². The zero-order valence-corrected chi connectivity index (χ0v) is 16.7. The van der Waals surface area contributed by atoms with Crippen LogP contribution in [0.4, 0.5) is 0 Å². The van der Waals surface area contributed by atoms with Gasteiger partial charge in [-0.15, -0.1) is 0 Å². The number of hydrogen-bond acceptors (Lipinski definition) is 5. The van der Waals surface area contributed by atoms with Crippen LogP contribution in [0.3, 0.4) is 0 Å². The maximum atomic E-state index is 13.1. The van der Waals surface area contributed by atoms with Crippen LogP contribution in [-0.2, 0) is 18.8 Å². The highest BCUT2D eigenvalue weighted by atomic mass is 79.9. The van der Waals surface area contributed by atoms with Gasteiger partial charge in [0.15, 0.2) is 0 Å². The van der Waals surface area contributed by atoms with Crippen molar-refractivity contribution < 1.29 is 9.53 Å². The van der Waals surface area contributed by atoms with E-state index in [-0.39, 0.29) is 5.56 Å². The van der Waals surface area contributed by atoms with Gasteiger partial charge >= 0.3 is 5.69 Å². The van der Waals surface area contributed by atoms with Crippen molar-refractivity contribution in [2.45, 2.75) is 0 Å². The second kappa shape index (κ2) is 8.06. The summed E-state index contributed by atoms with van der Waals surface area (Å²) in [5.74, 6) is -0.416. The lowest BCUT2D eigenvalue weighted by molar-refractivity contribution is 0.0597. The normalized spacial score (nSPS) is 14.7. The Morgan fingerprint density at radius 2 is 1.70 bits per heavy atom. The van der Waals surface area contributed by atoms with E-state index in [4.69, 9.17) is 4.74 Å². The van der Waals surface area contributed by atoms with Gasteiger partial charge in [0.1, 0.15) is 5.56 Å². The average molecular weight is 434 g/mol. The van der Waals surface area contributed by atoms with Crippen LogP contribution >= 0.6 is 15.9 Å². The minimum atomic E-state index is -0.604. The number of ether oxygens (including phenoxy) is 1. The summed E-state index contributed by atoms with van der Waals surface area (Å²) in [5, 5.41) is 0. The van der Waals surface area contributed by atoms with E-state index in [9.17, 15) is 14.4 Å². The molecule has 0 unspecified atom stereocenters. The fourth-order valence-electron chi connectivity index (χ4n) is 2.92. The van der Waals surface area contributed by atoms with Crippen molar-refractivity contribution in [1.29, 1.82) is 0 Å². The van der Waals surface area contributed by atoms with Crippen LogP contribution in [0.5, 0.6) is 0 Å². The lowest BCUT2D eigenvalue weighted by Crippen LogP contribution is -2.42. The molecule has 0 amide bonds. The van der Waals surface area contributed by atoms with Gasteiger partial charge in [-0.2, -0.15) is 0 Å². The summed E-state index contributed by atoms with van der Waals surface area (Å²) in [4.78, 5) is 40.2. The molecule has 0 N–H and O–H groups in total. The van der Waals surface area contributed by atoms with Gasteiger partial charge in [-0.3, -0.25) is 18.7 Å². The van der Waals surface area contributed by atoms with Crippen molar-refractivity contribution in [3.8, 4) is 0 Å². The van der Waals surface area contributed by atoms with Crippen LogP contribution in [0.25, 0.3) is 6.08 Å². The molecule has 3 rings (SSSR count). The van der Waals surface area contributed by atoms with Crippen LogP contribution in [-0.4, -0.2) is 46.1 Å². The third-order valence-corrected chi connectivity index (χ3v) is 5.06. The van der Waals surface area contributed by atoms with Gasteiger partial charge in [-0.05, 0) is 30.3 Å². The maximum absolute atomic E-state index is 13.1. The van der Waals surface area contributed by atoms with Crippen molar-refractivity contribution >= 4 is 27.8 Å². The summed E-state index contributed by atoms with van der Waals surface area (Å²) in [7, 11) is 2.93. The molecular formula is C19H20BrN3O4. The number of nitrogens with zero attached hydrogens (tertiary/aromatic N) is 3. The summed E-state index contributed by atoms with van der Waals surface area (Å²) >= 11 is 3.33. The van der Waals surface area contributed by atoms with Crippen LogP contribution in [0.2, 0.25) is 0 Å². The molecule has 1 aliphatic heterocycles. The lowest BCUT2D eigenvalue weighted by atomic mass is 10.0. The van der Waals surface area contributed by atoms with E-state index in [1.54, 1.807) is 43.6 Å². The van der Waals surface area contributed by atoms with E-state index >= 15 is 0 Å². The first kappa shape index (κ1) is 19.3. The summed E-state index contributed by atoms with van der Waals surface area (Å²) in [6.07, 6.45) is 3.45. The van der Waals surface area contributed by atoms with Gasteiger partial charge in [-0.1, -0.05) is 15.9 Å². The SMILES string of the molecule is Cn1c(/C=C/N2CCOCC2)c(C(=O)c2ccc(Br)cc2)c(=O)n(C)c1=O. The third-order valence-electron chi connectivity index (χ3n) is 4.53. The maximum Gasteiger partial charge on any atom is 0.330 e. The highest BCUT2D eigenvalue weighted by Crippen LogP contribution is 2.15. The molecule has 7 nitrogen and oxygen atoms in total. The van der Waals surface area contributed by atoms with Crippen molar-refractivity contribution in [3.63, 3.8) is 0 Å². The van der Waals surface area contributed by atoms with Crippen molar-refractivity contribution in [2.75, 3.05) is 26.3 Å². The van der Waals surface area contributed by atoms with Gasteiger partial charge in [-0.25, -0.2) is 4.79 Å². The molecular weight excluding hydrogens is 414 g/mol. The van der Waals surface area contributed by atoms with Crippen LogP contribution in [0.15, 0.2) is 44.5 Å². The molecule has 0 bridgehead atoms. The van der Waals surface area contributed by atoms with Crippen LogP contribution < -0.4 is 11.2 Å². The van der Waals surface area contributed by atoms with E-state index in [2.05, 4.69) is 15.9 Å². The number of carbonyl (C=O) groups excluding carboxylic acids is 1. The van der Waals surface area contributed by atoms with Crippen LogP contribution in [0, 0.1) is 0 Å². The molecule has 1 aromatic heterocycles. The zero-order valence-electron chi connectivity index (χ0n) is 15.1. The predicted molar refractivity (Wildman–Crippen MR) is 106 cm³/mol. The van der Waals surface area contributed by atoms with E-state index in [0.717, 1.165) is 9.04 Å². The molecule has 0 spiro atoms. The van der Waals surface area contributed by atoms with E-state index in [1.165, 1.54) is 11.6 Å². The summed E-state index contributed by atoms with van der Waals surface area (Å²) in [6.45, 7) is 2.66. The molecule has 142 valence electrons. The summed E-state index contributed by atoms with van der Waals surface area (Å²) in [5.41, 5.74) is -0.425. The number of carbonyl (C=O) groups is 1. The second-order valence-electron chi connectivity index (χ2n) is 6.27. The van der Waals surface area contributed by atoms with Gasteiger partial charge in [0.05, 0.1) is 18.9 Å². The number of rotatable bonds is 4. The molecule has 0 saturated carbocycles. The Hall–Kier alpha value is -2.45. The first-order valence-corrected chi connectivity index (χ1v) is 9.29. The quantitative estimate of drug-likeness (QED) is 0.680.